The zero-order valence-electron chi connectivity index (χ0n) is 18.7. The standard InChI is InChI=1S/C25H32FN3O2/c1-19-18-22(20(2)30)6-11-25(19)29(21(3)31)13-5-4-12-27-14-16-28(17-15-27)24-9-7-23(26)8-10-24/h6-11,18H,4-5,12-17H2,1-3H3. The van der Waals surface area contributed by atoms with E-state index in [0.29, 0.717) is 12.1 Å². The molecule has 1 amide bonds. The van der Waals surface area contributed by atoms with Crippen molar-refractivity contribution < 1.29 is 14.0 Å². The lowest BCUT2D eigenvalue weighted by molar-refractivity contribution is -0.116. The van der Waals surface area contributed by atoms with E-state index in [2.05, 4.69) is 9.80 Å². The molecule has 166 valence electrons. The summed E-state index contributed by atoms with van der Waals surface area (Å²) in [6, 6.07) is 12.2. The fraction of sp³-hybridized carbons (Fsp3) is 0.440. The van der Waals surface area contributed by atoms with E-state index < -0.39 is 0 Å². The van der Waals surface area contributed by atoms with Gasteiger partial charge in [0.25, 0.3) is 0 Å². The number of halogens is 1. The van der Waals surface area contributed by atoms with Crippen molar-refractivity contribution in [1.82, 2.24) is 4.90 Å². The van der Waals surface area contributed by atoms with Crippen molar-refractivity contribution in [3.63, 3.8) is 0 Å². The molecule has 0 aliphatic carbocycles. The molecular formula is C25H32FN3O2. The van der Waals surface area contributed by atoms with Gasteiger partial charge in [-0.2, -0.15) is 0 Å². The van der Waals surface area contributed by atoms with Gasteiger partial charge in [0.2, 0.25) is 5.91 Å². The number of unbranched alkanes of at least 4 members (excludes halogenated alkanes) is 1. The van der Waals surface area contributed by atoms with Crippen LogP contribution in [0.3, 0.4) is 0 Å². The number of carbonyl (C=O) groups is 2. The van der Waals surface area contributed by atoms with Gasteiger partial charge in [-0.3, -0.25) is 14.5 Å². The summed E-state index contributed by atoms with van der Waals surface area (Å²) < 4.78 is 13.1. The third-order valence-electron chi connectivity index (χ3n) is 5.94. The predicted octanol–water partition coefficient (Wildman–Crippen LogP) is 4.29. The third-order valence-corrected chi connectivity index (χ3v) is 5.94. The lowest BCUT2D eigenvalue weighted by Gasteiger charge is -2.36. The van der Waals surface area contributed by atoms with Crippen LogP contribution >= 0.6 is 0 Å². The SMILES string of the molecule is CC(=O)c1ccc(N(CCCCN2CCN(c3ccc(F)cc3)CC2)C(C)=O)c(C)c1. The van der Waals surface area contributed by atoms with Crippen LogP contribution in [0.4, 0.5) is 15.8 Å². The van der Waals surface area contributed by atoms with Crippen molar-refractivity contribution in [2.75, 3.05) is 49.1 Å². The Morgan fingerprint density at radius 3 is 2.23 bits per heavy atom. The molecule has 0 radical (unpaired) electrons. The van der Waals surface area contributed by atoms with Gasteiger partial charge in [-0.05, 0) is 81.3 Å². The minimum atomic E-state index is -0.202. The Balaban J connectivity index is 1.45. The number of amides is 1. The molecule has 0 aromatic heterocycles. The highest BCUT2D eigenvalue weighted by Gasteiger charge is 2.18. The van der Waals surface area contributed by atoms with Gasteiger partial charge in [-0.25, -0.2) is 4.39 Å². The highest BCUT2D eigenvalue weighted by atomic mass is 19.1. The monoisotopic (exact) mass is 425 g/mol. The molecule has 1 aliphatic heterocycles. The highest BCUT2D eigenvalue weighted by Crippen LogP contribution is 2.23. The molecule has 1 aliphatic rings. The first-order valence-corrected chi connectivity index (χ1v) is 11.0. The first-order chi connectivity index (χ1) is 14.8. The first kappa shape index (κ1) is 22.9. The van der Waals surface area contributed by atoms with Crippen LogP contribution < -0.4 is 9.80 Å². The lowest BCUT2D eigenvalue weighted by atomic mass is 10.1. The Hall–Kier alpha value is -2.73. The molecule has 1 fully saturated rings. The van der Waals surface area contributed by atoms with Gasteiger partial charge < -0.3 is 9.80 Å². The summed E-state index contributed by atoms with van der Waals surface area (Å²) in [5.74, 6) is -0.151. The maximum atomic E-state index is 13.1. The smallest absolute Gasteiger partial charge is 0.223 e. The Morgan fingerprint density at radius 2 is 1.65 bits per heavy atom. The van der Waals surface area contributed by atoms with Crippen LogP contribution in [-0.4, -0.2) is 55.9 Å². The van der Waals surface area contributed by atoms with Gasteiger partial charge >= 0.3 is 0 Å². The summed E-state index contributed by atoms with van der Waals surface area (Å²) in [5.41, 5.74) is 3.57. The molecule has 5 nitrogen and oxygen atoms in total. The molecular weight excluding hydrogens is 393 g/mol. The van der Waals surface area contributed by atoms with E-state index >= 15 is 0 Å². The van der Waals surface area contributed by atoms with Gasteiger partial charge in [-0.15, -0.1) is 0 Å². The number of ketones is 1. The highest BCUT2D eigenvalue weighted by molar-refractivity contribution is 5.96. The number of aryl methyl sites for hydroxylation is 1. The summed E-state index contributed by atoms with van der Waals surface area (Å²) in [5, 5.41) is 0. The Kier molecular flexibility index (Phi) is 7.80. The number of nitrogens with zero attached hydrogens (tertiary/aromatic N) is 3. The Labute approximate surface area is 184 Å². The van der Waals surface area contributed by atoms with Crippen molar-refractivity contribution in [1.29, 1.82) is 0 Å². The normalized spacial score (nSPS) is 14.5. The summed E-state index contributed by atoms with van der Waals surface area (Å²) in [4.78, 5) is 30.4. The molecule has 31 heavy (non-hydrogen) atoms. The van der Waals surface area contributed by atoms with Gasteiger partial charge in [-0.1, -0.05) is 0 Å². The zero-order valence-corrected chi connectivity index (χ0v) is 18.7. The molecule has 0 N–H and O–H groups in total. The number of benzene rings is 2. The molecule has 0 spiro atoms. The van der Waals surface area contributed by atoms with E-state index in [9.17, 15) is 14.0 Å². The van der Waals surface area contributed by atoms with Crippen LogP contribution in [0.25, 0.3) is 0 Å². The molecule has 0 atom stereocenters. The molecule has 0 unspecified atom stereocenters. The molecule has 0 saturated carbocycles. The Morgan fingerprint density at radius 1 is 0.968 bits per heavy atom. The second-order valence-corrected chi connectivity index (χ2v) is 8.24. The number of hydrogen-bond acceptors (Lipinski definition) is 4. The van der Waals surface area contributed by atoms with Crippen molar-refractivity contribution in [3.05, 3.63) is 59.4 Å². The lowest BCUT2D eigenvalue weighted by Crippen LogP contribution is -2.46. The van der Waals surface area contributed by atoms with Gasteiger partial charge in [0.1, 0.15) is 5.82 Å². The maximum Gasteiger partial charge on any atom is 0.223 e. The van der Waals surface area contributed by atoms with Gasteiger partial charge in [0, 0.05) is 56.6 Å². The quantitative estimate of drug-likeness (QED) is 0.467. The topological polar surface area (TPSA) is 43.9 Å². The second-order valence-electron chi connectivity index (χ2n) is 8.24. The van der Waals surface area contributed by atoms with Crippen molar-refractivity contribution in [2.24, 2.45) is 0 Å². The number of carbonyl (C=O) groups excluding carboxylic acids is 2. The molecule has 2 aromatic rings. The largest absolute Gasteiger partial charge is 0.369 e. The molecule has 6 heteroatoms. The minimum absolute atomic E-state index is 0.0200. The number of Topliss-reactive ketones (excluding diaryl/α,β-unsaturated/α-hetero) is 1. The summed E-state index contributed by atoms with van der Waals surface area (Å²) >= 11 is 0. The first-order valence-electron chi connectivity index (χ1n) is 11.0. The Bertz CT molecular complexity index is 905. The number of rotatable bonds is 8. The summed E-state index contributed by atoms with van der Waals surface area (Å²) in [7, 11) is 0. The van der Waals surface area contributed by atoms with E-state index in [1.807, 2.05) is 36.1 Å². The van der Waals surface area contributed by atoms with Crippen LogP contribution in [0.1, 0.15) is 42.6 Å². The average molecular weight is 426 g/mol. The van der Waals surface area contributed by atoms with Gasteiger partial charge in [0.15, 0.2) is 5.78 Å². The fourth-order valence-electron chi connectivity index (χ4n) is 4.11. The number of hydrogen-bond donors (Lipinski definition) is 0. The summed E-state index contributed by atoms with van der Waals surface area (Å²) in [6.07, 6.45) is 1.94. The molecule has 3 rings (SSSR count). The van der Waals surface area contributed by atoms with Crippen LogP contribution in [-0.2, 0) is 4.79 Å². The molecule has 1 saturated heterocycles. The van der Waals surface area contributed by atoms with E-state index in [1.165, 1.54) is 12.1 Å². The fourth-order valence-corrected chi connectivity index (χ4v) is 4.11. The van der Waals surface area contributed by atoms with E-state index in [-0.39, 0.29) is 17.5 Å². The zero-order chi connectivity index (χ0) is 22.4. The minimum Gasteiger partial charge on any atom is -0.369 e. The second kappa shape index (κ2) is 10.5. The number of anilines is 2. The van der Waals surface area contributed by atoms with Crippen molar-refractivity contribution in [3.8, 4) is 0 Å². The van der Waals surface area contributed by atoms with E-state index in [0.717, 1.165) is 62.5 Å². The van der Waals surface area contributed by atoms with Gasteiger partial charge in [0.05, 0.1) is 0 Å². The average Bonchev–Trinajstić information content (AvgIpc) is 2.75. The summed E-state index contributed by atoms with van der Waals surface area (Å²) in [6.45, 7) is 10.6. The van der Waals surface area contributed by atoms with Crippen LogP contribution in [0, 0.1) is 12.7 Å². The van der Waals surface area contributed by atoms with Crippen molar-refractivity contribution >= 4 is 23.1 Å². The molecule has 0 bridgehead atoms. The predicted molar refractivity (Wildman–Crippen MR) is 123 cm³/mol. The van der Waals surface area contributed by atoms with Crippen LogP contribution in [0.5, 0.6) is 0 Å². The molecule has 2 aromatic carbocycles. The van der Waals surface area contributed by atoms with Crippen LogP contribution in [0.15, 0.2) is 42.5 Å². The third kappa shape index (κ3) is 6.14. The van der Waals surface area contributed by atoms with Crippen LogP contribution in [0.2, 0.25) is 0 Å². The number of piperazine rings is 1. The van der Waals surface area contributed by atoms with E-state index in [1.54, 1.807) is 19.9 Å². The van der Waals surface area contributed by atoms with E-state index in [4.69, 9.17) is 0 Å². The van der Waals surface area contributed by atoms with Crippen molar-refractivity contribution in [2.45, 2.75) is 33.6 Å². The molecule has 1 heterocycles. The maximum absolute atomic E-state index is 13.1.